The van der Waals surface area contributed by atoms with Crippen LogP contribution in [0, 0.1) is 12.8 Å². The van der Waals surface area contributed by atoms with E-state index in [1.807, 2.05) is 19.1 Å². The lowest BCUT2D eigenvalue weighted by Gasteiger charge is -2.18. The fraction of sp³-hybridized carbons (Fsp3) is 0.600. The minimum atomic E-state index is 0.462. The smallest absolute Gasteiger partial charge is 0.202 e. The van der Waals surface area contributed by atoms with Crippen molar-refractivity contribution in [3.05, 3.63) is 17.8 Å². The molecule has 0 amide bonds. The molecule has 1 fully saturated rings. The number of anilines is 1. The van der Waals surface area contributed by atoms with Crippen molar-refractivity contribution in [2.75, 3.05) is 5.73 Å². The molecule has 1 saturated carbocycles. The first-order valence-corrected chi connectivity index (χ1v) is 7.26. The molecule has 2 aromatic heterocycles. The van der Waals surface area contributed by atoms with Gasteiger partial charge in [-0.05, 0) is 44.2 Å². The average Bonchev–Trinajstić information content (AvgIpc) is 2.55. The van der Waals surface area contributed by atoms with Crippen molar-refractivity contribution in [3.8, 4) is 0 Å². The van der Waals surface area contributed by atoms with Crippen LogP contribution in [0.1, 0.15) is 50.8 Å². The third kappa shape index (κ3) is 2.31. The number of nitrogens with two attached hydrogens (primary N) is 1. The summed E-state index contributed by atoms with van der Waals surface area (Å²) in [6.07, 6.45) is 6.25. The molecule has 2 heterocycles. The number of hydrogen-bond donors (Lipinski definition) is 1. The molecule has 19 heavy (non-hydrogen) atoms. The quantitative estimate of drug-likeness (QED) is 0.797. The van der Waals surface area contributed by atoms with Crippen LogP contribution in [0.3, 0.4) is 0 Å². The van der Waals surface area contributed by atoms with Crippen molar-refractivity contribution in [2.45, 2.75) is 52.0 Å². The molecule has 2 unspecified atom stereocenters. The number of imidazole rings is 1. The number of rotatable bonds is 1. The Balaban J connectivity index is 2.03. The number of pyridine rings is 1. The van der Waals surface area contributed by atoms with Crippen LogP contribution in [0.25, 0.3) is 11.2 Å². The number of aromatic nitrogens is 3. The van der Waals surface area contributed by atoms with Gasteiger partial charge in [-0.3, -0.25) is 4.57 Å². The molecule has 102 valence electrons. The van der Waals surface area contributed by atoms with E-state index < -0.39 is 0 Å². The first-order valence-electron chi connectivity index (χ1n) is 7.26. The van der Waals surface area contributed by atoms with Gasteiger partial charge in [0.15, 0.2) is 5.65 Å². The Morgan fingerprint density at radius 3 is 2.84 bits per heavy atom. The Bertz CT molecular complexity index is 587. The molecule has 1 aliphatic carbocycles. The summed E-state index contributed by atoms with van der Waals surface area (Å²) in [7, 11) is 0. The Kier molecular flexibility index (Phi) is 3.17. The van der Waals surface area contributed by atoms with Gasteiger partial charge in [0.2, 0.25) is 5.95 Å². The van der Waals surface area contributed by atoms with Crippen LogP contribution in [0.5, 0.6) is 0 Å². The van der Waals surface area contributed by atoms with Crippen molar-refractivity contribution in [1.82, 2.24) is 14.5 Å². The van der Waals surface area contributed by atoms with Gasteiger partial charge in [-0.1, -0.05) is 19.8 Å². The van der Waals surface area contributed by atoms with E-state index in [0.717, 1.165) is 22.8 Å². The Hall–Kier alpha value is -1.58. The van der Waals surface area contributed by atoms with Crippen LogP contribution >= 0.6 is 0 Å². The van der Waals surface area contributed by atoms with Crippen LogP contribution in [0.2, 0.25) is 0 Å². The van der Waals surface area contributed by atoms with Gasteiger partial charge in [0.25, 0.3) is 0 Å². The summed E-state index contributed by atoms with van der Waals surface area (Å²) >= 11 is 0. The SMILES string of the molecule is Cc1ccc2nc(N)n(C3CCCC(C)CC3)c2n1. The van der Waals surface area contributed by atoms with E-state index in [1.54, 1.807) is 0 Å². The highest BCUT2D eigenvalue weighted by Gasteiger charge is 2.22. The molecule has 4 nitrogen and oxygen atoms in total. The minimum absolute atomic E-state index is 0.462. The average molecular weight is 258 g/mol. The number of aryl methyl sites for hydroxylation is 1. The third-order valence-corrected chi connectivity index (χ3v) is 4.30. The summed E-state index contributed by atoms with van der Waals surface area (Å²) in [5.74, 6) is 1.45. The van der Waals surface area contributed by atoms with E-state index in [-0.39, 0.29) is 0 Å². The molecule has 4 heteroatoms. The second-order valence-corrected chi connectivity index (χ2v) is 5.90. The van der Waals surface area contributed by atoms with Crippen molar-refractivity contribution in [3.63, 3.8) is 0 Å². The van der Waals surface area contributed by atoms with Gasteiger partial charge >= 0.3 is 0 Å². The largest absolute Gasteiger partial charge is 0.369 e. The van der Waals surface area contributed by atoms with Gasteiger partial charge < -0.3 is 5.73 Å². The fourth-order valence-electron chi connectivity index (χ4n) is 3.17. The third-order valence-electron chi connectivity index (χ3n) is 4.30. The summed E-state index contributed by atoms with van der Waals surface area (Å²) in [6, 6.07) is 4.47. The predicted molar refractivity (Wildman–Crippen MR) is 78.0 cm³/mol. The van der Waals surface area contributed by atoms with E-state index in [4.69, 9.17) is 5.73 Å². The molecular formula is C15H22N4. The zero-order valence-electron chi connectivity index (χ0n) is 11.8. The summed E-state index contributed by atoms with van der Waals surface area (Å²) in [5.41, 5.74) is 9.03. The van der Waals surface area contributed by atoms with E-state index in [9.17, 15) is 0 Å². The van der Waals surface area contributed by atoms with Crippen molar-refractivity contribution >= 4 is 17.1 Å². The monoisotopic (exact) mass is 258 g/mol. The van der Waals surface area contributed by atoms with E-state index >= 15 is 0 Å². The number of hydrogen-bond acceptors (Lipinski definition) is 3. The number of nitrogens with zero attached hydrogens (tertiary/aromatic N) is 3. The van der Waals surface area contributed by atoms with E-state index in [0.29, 0.717) is 12.0 Å². The summed E-state index contributed by atoms with van der Waals surface area (Å²) in [4.78, 5) is 9.10. The molecule has 2 N–H and O–H groups in total. The van der Waals surface area contributed by atoms with Gasteiger partial charge in [0.05, 0.1) is 0 Å². The molecule has 2 atom stereocenters. The maximum atomic E-state index is 6.13. The van der Waals surface area contributed by atoms with Crippen LogP contribution in [0.4, 0.5) is 5.95 Å². The fourth-order valence-corrected chi connectivity index (χ4v) is 3.17. The lowest BCUT2D eigenvalue weighted by atomic mass is 10.0. The summed E-state index contributed by atoms with van der Waals surface area (Å²) in [6.45, 7) is 4.36. The molecule has 2 aromatic rings. The van der Waals surface area contributed by atoms with E-state index in [1.165, 1.54) is 32.1 Å². The molecule has 3 rings (SSSR count). The van der Waals surface area contributed by atoms with Crippen molar-refractivity contribution in [2.24, 2.45) is 5.92 Å². The lowest BCUT2D eigenvalue weighted by molar-refractivity contribution is 0.444. The van der Waals surface area contributed by atoms with Gasteiger partial charge in [-0.25, -0.2) is 9.97 Å². The maximum absolute atomic E-state index is 6.13. The normalized spacial score (nSPS) is 24.5. The van der Waals surface area contributed by atoms with Gasteiger partial charge in [0.1, 0.15) is 5.52 Å². The summed E-state index contributed by atoms with van der Waals surface area (Å²) in [5, 5.41) is 0. The zero-order chi connectivity index (χ0) is 13.4. The first-order chi connectivity index (χ1) is 9.15. The standard InChI is InChI=1S/C15H22N4/c1-10-4-3-5-12(8-6-10)19-14-13(18-15(19)16)9-7-11(2)17-14/h7,9-10,12H,3-6,8H2,1-2H3,(H2,16,18). The molecule has 0 aromatic carbocycles. The Morgan fingerprint density at radius 2 is 2.00 bits per heavy atom. The molecule has 0 bridgehead atoms. The van der Waals surface area contributed by atoms with Crippen LogP contribution in [-0.2, 0) is 0 Å². The highest BCUT2D eigenvalue weighted by Crippen LogP contribution is 2.33. The molecule has 0 aliphatic heterocycles. The van der Waals surface area contributed by atoms with Crippen LogP contribution in [0.15, 0.2) is 12.1 Å². The highest BCUT2D eigenvalue weighted by atomic mass is 15.2. The van der Waals surface area contributed by atoms with E-state index in [2.05, 4.69) is 21.5 Å². The van der Waals surface area contributed by atoms with Crippen LogP contribution in [-0.4, -0.2) is 14.5 Å². The first kappa shape index (κ1) is 12.5. The van der Waals surface area contributed by atoms with Crippen LogP contribution < -0.4 is 5.73 Å². The number of fused-ring (bicyclic) bond motifs is 1. The number of nitrogen functional groups attached to an aromatic ring is 1. The molecule has 0 spiro atoms. The Labute approximate surface area is 114 Å². The van der Waals surface area contributed by atoms with Crippen molar-refractivity contribution in [1.29, 1.82) is 0 Å². The van der Waals surface area contributed by atoms with Crippen molar-refractivity contribution < 1.29 is 0 Å². The predicted octanol–water partition coefficient (Wildman–Crippen LogP) is 3.46. The topological polar surface area (TPSA) is 56.7 Å². The zero-order valence-corrected chi connectivity index (χ0v) is 11.8. The molecule has 0 saturated heterocycles. The van der Waals surface area contributed by atoms with Gasteiger partial charge in [0, 0.05) is 11.7 Å². The molecule has 1 aliphatic rings. The summed E-state index contributed by atoms with van der Waals surface area (Å²) < 4.78 is 2.17. The second kappa shape index (κ2) is 4.83. The molecule has 0 radical (unpaired) electrons. The van der Waals surface area contributed by atoms with Gasteiger partial charge in [-0.2, -0.15) is 0 Å². The molecular weight excluding hydrogens is 236 g/mol. The maximum Gasteiger partial charge on any atom is 0.202 e. The van der Waals surface area contributed by atoms with Gasteiger partial charge in [-0.15, -0.1) is 0 Å². The minimum Gasteiger partial charge on any atom is -0.369 e. The second-order valence-electron chi connectivity index (χ2n) is 5.90. The Morgan fingerprint density at radius 1 is 1.16 bits per heavy atom. The highest BCUT2D eigenvalue weighted by molar-refractivity contribution is 5.74. The lowest BCUT2D eigenvalue weighted by Crippen LogP contribution is -2.12.